The van der Waals surface area contributed by atoms with Crippen molar-refractivity contribution in [3.8, 4) is 0 Å². The number of aryl methyl sites for hydroxylation is 2. The van der Waals surface area contributed by atoms with Gasteiger partial charge in [0, 0.05) is 29.7 Å². The minimum absolute atomic E-state index is 0.00262. The highest BCUT2D eigenvalue weighted by Crippen LogP contribution is 2.42. The lowest BCUT2D eigenvalue weighted by Gasteiger charge is -2.25. The molecule has 1 aromatic heterocycles. The molecule has 0 saturated carbocycles. The van der Waals surface area contributed by atoms with Gasteiger partial charge in [-0.3, -0.25) is 19.5 Å². The van der Waals surface area contributed by atoms with Crippen molar-refractivity contribution in [1.29, 1.82) is 0 Å². The van der Waals surface area contributed by atoms with Crippen LogP contribution in [-0.2, 0) is 9.59 Å². The first-order valence-electron chi connectivity index (χ1n) is 9.53. The zero-order chi connectivity index (χ0) is 22.3. The summed E-state index contributed by atoms with van der Waals surface area (Å²) in [4.78, 5) is 31.0. The number of ketones is 1. The number of halogens is 2. The van der Waals surface area contributed by atoms with Crippen LogP contribution in [0.4, 0.5) is 14.5 Å². The summed E-state index contributed by atoms with van der Waals surface area (Å²) in [6, 6.07) is 10.5. The van der Waals surface area contributed by atoms with Crippen LogP contribution in [0.1, 0.15) is 28.3 Å². The molecule has 1 atom stereocenters. The average molecular weight is 420 g/mol. The zero-order valence-electron chi connectivity index (χ0n) is 16.8. The van der Waals surface area contributed by atoms with Gasteiger partial charge in [0.05, 0.1) is 11.6 Å². The van der Waals surface area contributed by atoms with E-state index in [0.29, 0.717) is 11.1 Å². The van der Waals surface area contributed by atoms with Crippen LogP contribution >= 0.6 is 0 Å². The third-order valence-corrected chi connectivity index (χ3v) is 5.30. The first kappa shape index (κ1) is 20.4. The fourth-order valence-electron chi connectivity index (χ4n) is 3.73. The first-order valence-corrected chi connectivity index (χ1v) is 9.53. The van der Waals surface area contributed by atoms with Crippen LogP contribution in [0.3, 0.4) is 0 Å². The van der Waals surface area contributed by atoms with Gasteiger partial charge in [-0.25, -0.2) is 8.78 Å². The fourth-order valence-corrected chi connectivity index (χ4v) is 3.73. The molecule has 1 unspecified atom stereocenters. The molecule has 1 N–H and O–H groups in total. The number of aliphatic hydroxyl groups is 1. The van der Waals surface area contributed by atoms with Crippen LogP contribution < -0.4 is 4.90 Å². The summed E-state index contributed by atoms with van der Waals surface area (Å²) in [6.07, 6.45) is 2.97. The molecule has 1 aliphatic heterocycles. The van der Waals surface area contributed by atoms with Crippen LogP contribution in [0.25, 0.3) is 5.76 Å². The Kier molecular flexibility index (Phi) is 5.10. The molecule has 2 aromatic carbocycles. The third kappa shape index (κ3) is 3.48. The predicted octanol–water partition coefficient (Wildman–Crippen LogP) is 4.60. The van der Waals surface area contributed by atoms with Gasteiger partial charge in [-0.2, -0.15) is 0 Å². The fraction of sp³-hybridized carbons (Fsp3) is 0.125. The molecule has 3 aromatic rings. The largest absolute Gasteiger partial charge is 0.507 e. The average Bonchev–Trinajstić information content (AvgIpc) is 3.03. The number of nitrogens with zero attached hydrogens (tertiary/aromatic N) is 2. The highest BCUT2D eigenvalue weighted by molar-refractivity contribution is 6.51. The summed E-state index contributed by atoms with van der Waals surface area (Å²) < 4.78 is 27.4. The smallest absolute Gasteiger partial charge is 0.300 e. The van der Waals surface area contributed by atoms with Crippen molar-refractivity contribution in [2.45, 2.75) is 19.9 Å². The topological polar surface area (TPSA) is 70.5 Å². The van der Waals surface area contributed by atoms with Gasteiger partial charge in [0.2, 0.25) is 0 Å². The van der Waals surface area contributed by atoms with E-state index < -0.39 is 29.4 Å². The summed E-state index contributed by atoms with van der Waals surface area (Å²) in [6.45, 7) is 3.62. The number of amides is 1. The predicted molar refractivity (Wildman–Crippen MR) is 111 cm³/mol. The van der Waals surface area contributed by atoms with Gasteiger partial charge in [-0.15, -0.1) is 0 Å². The van der Waals surface area contributed by atoms with E-state index in [0.717, 1.165) is 28.2 Å². The number of pyridine rings is 1. The van der Waals surface area contributed by atoms with E-state index in [9.17, 15) is 23.5 Å². The molecular formula is C24H18F2N2O3. The Labute approximate surface area is 177 Å². The number of carbonyl (C=O) groups excluding carboxylic acids is 2. The Morgan fingerprint density at radius 3 is 2.35 bits per heavy atom. The summed E-state index contributed by atoms with van der Waals surface area (Å²) in [7, 11) is 0. The third-order valence-electron chi connectivity index (χ3n) is 5.30. The van der Waals surface area contributed by atoms with E-state index in [1.54, 1.807) is 31.2 Å². The van der Waals surface area contributed by atoms with E-state index >= 15 is 0 Å². The number of anilines is 1. The number of aliphatic hydroxyl groups excluding tert-OH is 1. The highest BCUT2D eigenvalue weighted by Gasteiger charge is 2.47. The van der Waals surface area contributed by atoms with Crippen LogP contribution in [0.5, 0.6) is 0 Å². The molecule has 1 fully saturated rings. The van der Waals surface area contributed by atoms with Crippen molar-refractivity contribution in [2.75, 3.05) is 4.90 Å². The van der Waals surface area contributed by atoms with Crippen molar-refractivity contribution in [1.82, 2.24) is 4.98 Å². The maximum absolute atomic E-state index is 13.9. The Hall–Kier alpha value is -3.87. The molecule has 7 heteroatoms. The molecular weight excluding hydrogens is 402 g/mol. The quantitative estimate of drug-likeness (QED) is 0.382. The number of hydrogen-bond acceptors (Lipinski definition) is 4. The molecule has 0 aliphatic carbocycles. The van der Waals surface area contributed by atoms with E-state index in [1.807, 2.05) is 13.0 Å². The Morgan fingerprint density at radius 1 is 0.968 bits per heavy atom. The number of carbonyl (C=O) groups is 2. The highest BCUT2D eigenvalue weighted by atomic mass is 19.2. The second kappa shape index (κ2) is 7.75. The van der Waals surface area contributed by atoms with E-state index in [-0.39, 0.29) is 17.0 Å². The lowest BCUT2D eigenvalue weighted by molar-refractivity contribution is -0.132. The molecule has 156 valence electrons. The molecule has 2 heterocycles. The molecule has 4 rings (SSSR count). The van der Waals surface area contributed by atoms with Crippen LogP contribution in [0.2, 0.25) is 0 Å². The number of benzene rings is 2. The maximum atomic E-state index is 13.9. The maximum Gasteiger partial charge on any atom is 0.300 e. The van der Waals surface area contributed by atoms with Crippen molar-refractivity contribution >= 4 is 23.1 Å². The molecule has 0 spiro atoms. The molecule has 5 nitrogen and oxygen atoms in total. The van der Waals surface area contributed by atoms with Gasteiger partial charge in [0.25, 0.3) is 11.7 Å². The summed E-state index contributed by atoms with van der Waals surface area (Å²) >= 11 is 0. The minimum Gasteiger partial charge on any atom is -0.507 e. The van der Waals surface area contributed by atoms with Gasteiger partial charge in [-0.05, 0) is 55.3 Å². The molecule has 1 aliphatic rings. The van der Waals surface area contributed by atoms with E-state index in [2.05, 4.69) is 4.98 Å². The lowest BCUT2D eigenvalue weighted by atomic mass is 9.93. The standard InChI is InChI=1S/C24H18F2N2O3/c1-13-3-4-14(2)17(11-13)22(29)20-21(15-7-9-27-10-8-15)28(24(31)23(20)30)16-5-6-18(25)19(26)12-16/h3-12,21,29H,1-2H3/b22-20+. The second-order valence-corrected chi connectivity index (χ2v) is 7.37. The zero-order valence-corrected chi connectivity index (χ0v) is 16.8. The van der Waals surface area contributed by atoms with Crippen molar-refractivity contribution in [3.05, 3.63) is 100 Å². The van der Waals surface area contributed by atoms with Crippen molar-refractivity contribution in [3.63, 3.8) is 0 Å². The van der Waals surface area contributed by atoms with Crippen molar-refractivity contribution in [2.24, 2.45) is 0 Å². The van der Waals surface area contributed by atoms with E-state index in [1.165, 1.54) is 18.5 Å². The van der Waals surface area contributed by atoms with E-state index in [4.69, 9.17) is 0 Å². The second-order valence-electron chi connectivity index (χ2n) is 7.37. The number of rotatable bonds is 3. The van der Waals surface area contributed by atoms with Crippen LogP contribution in [0, 0.1) is 25.5 Å². The Bertz CT molecular complexity index is 1240. The molecule has 31 heavy (non-hydrogen) atoms. The molecule has 1 amide bonds. The lowest BCUT2D eigenvalue weighted by Crippen LogP contribution is -2.29. The van der Waals surface area contributed by atoms with Crippen LogP contribution in [-0.4, -0.2) is 21.8 Å². The van der Waals surface area contributed by atoms with Crippen LogP contribution in [0.15, 0.2) is 66.5 Å². The molecule has 0 bridgehead atoms. The monoisotopic (exact) mass is 420 g/mol. The van der Waals surface area contributed by atoms with Crippen molar-refractivity contribution < 1.29 is 23.5 Å². The number of hydrogen-bond donors (Lipinski definition) is 1. The first-order chi connectivity index (χ1) is 14.8. The normalized spacial score (nSPS) is 17.9. The van der Waals surface area contributed by atoms with Gasteiger partial charge in [0.1, 0.15) is 5.76 Å². The minimum atomic E-state index is -1.15. The SMILES string of the molecule is Cc1ccc(C)c(/C(O)=C2\C(=O)C(=O)N(c3ccc(F)c(F)c3)C2c2ccncc2)c1. The number of Topliss-reactive ketones (excluding diaryl/α,β-unsaturated/α-hetero) is 1. The van der Waals surface area contributed by atoms with Gasteiger partial charge >= 0.3 is 0 Å². The molecule has 0 radical (unpaired) electrons. The summed E-state index contributed by atoms with van der Waals surface area (Å²) in [5.74, 6) is -4.41. The molecule has 1 saturated heterocycles. The Balaban J connectivity index is 1.98. The van der Waals surface area contributed by atoms with Gasteiger partial charge < -0.3 is 5.11 Å². The summed E-state index contributed by atoms with van der Waals surface area (Å²) in [5.41, 5.74) is 2.36. The van der Waals surface area contributed by atoms with Gasteiger partial charge in [-0.1, -0.05) is 17.7 Å². The van der Waals surface area contributed by atoms with Gasteiger partial charge in [0.15, 0.2) is 11.6 Å². The Morgan fingerprint density at radius 2 is 1.68 bits per heavy atom. The summed E-state index contributed by atoms with van der Waals surface area (Å²) in [5, 5.41) is 11.1. The number of aromatic nitrogens is 1.